The van der Waals surface area contributed by atoms with Crippen molar-refractivity contribution in [3.8, 4) is 0 Å². The lowest BCUT2D eigenvalue weighted by Crippen LogP contribution is -2.34. The molecule has 1 fully saturated rings. The quantitative estimate of drug-likeness (QED) is 0.0261. The Hall–Kier alpha value is -1.34. The molecule has 0 heterocycles. The number of rotatable bonds is 82. The van der Waals surface area contributed by atoms with E-state index in [-0.39, 0.29) is 28.7 Å². The van der Waals surface area contributed by atoms with E-state index in [0.717, 1.165) is 43.4 Å². The maximum absolute atomic E-state index is 13.2. The Bertz CT molecular complexity index is 1880. The highest BCUT2D eigenvalue weighted by atomic mass is 28.3. The molecule has 1 aliphatic carbocycles. The van der Waals surface area contributed by atoms with E-state index in [9.17, 15) is 14.1 Å². The van der Waals surface area contributed by atoms with Gasteiger partial charge in [0.25, 0.3) is 8.68 Å². The lowest BCUT2D eigenvalue weighted by Gasteiger charge is -2.36. The Labute approximate surface area is 674 Å². The molecule has 0 N–H and O–H groups in total. The number of hydrogen-bond acceptors (Lipinski definition) is 6. The van der Waals surface area contributed by atoms with E-state index in [1.807, 2.05) is 27.9 Å². The highest BCUT2D eigenvalue weighted by Crippen LogP contribution is 2.49. The summed E-state index contributed by atoms with van der Waals surface area (Å²) < 4.78 is 26.5. The lowest BCUT2D eigenvalue weighted by molar-refractivity contribution is -0.153. The summed E-state index contributed by atoms with van der Waals surface area (Å²) in [7, 11) is 2.44. The molecular formula is C100H196O6Si. The van der Waals surface area contributed by atoms with Gasteiger partial charge in [-0.1, -0.05) is 458 Å². The smallest absolute Gasteiger partial charge is 0.311 e. The Morgan fingerprint density at radius 2 is 0.673 bits per heavy atom. The van der Waals surface area contributed by atoms with Crippen molar-refractivity contribution >= 4 is 20.6 Å². The second-order valence-corrected chi connectivity index (χ2v) is 39.7. The van der Waals surface area contributed by atoms with E-state index in [2.05, 4.69) is 53.7 Å². The molecule has 2 unspecified atom stereocenters. The van der Waals surface area contributed by atoms with Crippen LogP contribution in [0.5, 0.6) is 0 Å². The Balaban J connectivity index is 0.0000273. The summed E-state index contributed by atoms with van der Waals surface area (Å²) in [5.74, 6) is 4.17. The maximum atomic E-state index is 13.2. The van der Waals surface area contributed by atoms with E-state index < -0.39 is 8.68 Å². The standard InChI is InChI=1S/C98H190O5.C2H6OSi/c1-12-13-14-15-16-17-18-19-20-31-39-46-53-60-67-74-81-89(3)94(101-10)85-78-71-64-57-50-43-36-35-38-45-52-59-66-73-80-88(2)92-87-90(92)82-75-68-61-54-47-40-32-28-29-34-42-49-56-63-70-77-84-93(97(4,5)6)91(95(99)102-11)83-76-69-62-55-48-41-33-27-25-23-21-22-24-26-30-37-44-51-58-65-72-79-86-103-96(100)98(7,8)9;1-4(2)3/h28-29,88-94H,12-27,30-87H2,1-11H3;1-2H3/t88-,89-,90?,91+,92?,93+,94+;/m0./s1. The van der Waals surface area contributed by atoms with Crippen LogP contribution in [0.3, 0.4) is 0 Å². The molecule has 1 rings (SSSR count). The molecule has 1 aliphatic rings. The summed E-state index contributed by atoms with van der Waals surface area (Å²) >= 11 is 0. The second-order valence-electron chi connectivity index (χ2n) is 37.8. The topological polar surface area (TPSA) is 78.9 Å². The number of methoxy groups -OCH3 is 2. The van der Waals surface area contributed by atoms with Crippen LogP contribution in [0.4, 0.5) is 0 Å². The summed E-state index contributed by atoms with van der Waals surface area (Å²) in [4.78, 5) is 25.0. The van der Waals surface area contributed by atoms with Crippen molar-refractivity contribution in [3.63, 3.8) is 0 Å². The number of allylic oxidation sites excluding steroid dienone is 2. The van der Waals surface area contributed by atoms with Gasteiger partial charge in [0.05, 0.1) is 31.2 Å². The molecule has 6 nitrogen and oxygen atoms in total. The van der Waals surface area contributed by atoms with Crippen LogP contribution in [0, 0.1) is 46.3 Å². The van der Waals surface area contributed by atoms with Gasteiger partial charge in [-0.2, -0.15) is 0 Å². The average Bonchev–Trinajstić information content (AvgIpc) is 1.79. The molecule has 0 amide bonds. The summed E-state index contributed by atoms with van der Waals surface area (Å²) in [6.07, 6.45) is 107. The van der Waals surface area contributed by atoms with Crippen molar-refractivity contribution in [1.82, 2.24) is 0 Å². The Morgan fingerprint density at radius 1 is 0.383 bits per heavy atom. The molecule has 0 saturated heterocycles. The van der Waals surface area contributed by atoms with Gasteiger partial charge in [0, 0.05) is 7.11 Å². The van der Waals surface area contributed by atoms with Gasteiger partial charge in [-0.15, -0.1) is 0 Å². The molecule has 0 aromatic rings. The first-order valence-electron chi connectivity index (χ1n) is 48.8. The van der Waals surface area contributed by atoms with E-state index in [1.165, 1.54) is 443 Å². The third-order valence-electron chi connectivity index (χ3n) is 24.9. The van der Waals surface area contributed by atoms with Crippen molar-refractivity contribution in [1.29, 1.82) is 0 Å². The monoisotopic (exact) mass is 1520 g/mol. The zero-order valence-electron chi connectivity index (χ0n) is 75.5. The molecule has 636 valence electrons. The molecule has 0 aliphatic heterocycles. The van der Waals surface area contributed by atoms with E-state index in [0.29, 0.717) is 24.5 Å². The number of carbonyl (C=O) groups excluding carboxylic acids is 2. The number of carbonyl (C=O) groups is 2. The van der Waals surface area contributed by atoms with Crippen LogP contribution in [-0.4, -0.2) is 47.6 Å². The van der Waals surface area contributed by atoms with Crippen molar-refractivity contribution in [2.75, 3.05) is 20.8 Å². The largest absolute Gasteiger partial charge is 0.469 e. The Morgan fingerprint density at radius 3 is 1.00 bits per heavy atom. The van der Waals surface area contributed by atoms with Crippen LogP contribution in [0.2, 0.25) is 13.1 Å². The third kappa shape index (κ3) is 73.3. The molecule has 0 aromatic heterocycles. The zero-order valence-corrected chi connectivity index (χ0v) is 76.5. The number of ether oxygens (including phenoxy) is 3. The van der Waals surface area contributed by atoms with Crippen LogP contribution in [-0.2, 0) is 28.3 Å². The highest BCUT2D eigenvalue weighted by molar-refractivity contribution is 6.38. The van der Waals surface area contributed by atoms with Crippen LogP contribution < -0.4 is 0 Å². The molecule has 1 saturated carbocycles. The predicted octanol–water partition coefficient (Wildman–Crippen LogP) is 34.3. The van der Waals surface area contributed by atoms with Gasteiger partial charge in [-0.05, 0) is 133 Å². The lowest BCUT2D eigenvalue weighted by atomic mass is 9.69. The minimum absolute atomic E-state index is 0.0319. The Kier molecular flexibility index (Phi) is 77.6. The summed E-state index contributed by atoms with van der Waals surface area (Å²) in [5.41, 5.74) is -0.276. The minimum Gasteiger partial charge on any atom is -0.469 e. The number of hydrogen-bond donors (Lipinski definition) is 0. The van der Waals surface area contributed by atoms with E-state index in [1.54, 1.807) is 20.2 Å². The van der Waals surface area contributed by atoms with Crippen molar-refractivity contribution < 1.29 is 28.3 Å². The fraction of sp³-hybridized carbons (Fsp3) is 0.960. The van der Waals surface area contributed by atoms with E-state index in [4.69, 9.17) is 14.2 Å². The predicted molar refractivity (Wildman–Crippen MR) is 475 cm³/mol. The van der Waals surface area contributed by atoms with Crippen LogP contribution >= 0.6 is 0 Å². The number of unbranched alkanes of at least 4 members (excludes halogenated alkanes) is 61. The van der Waals surface area contributed by atoms with Gasteiger partial charge < -0.3 is 18.7 Å². The average molecular weight is 1520 g/mol. The van der Waals surface area contributed by atoms with Gasteiger partial charge in [0.15, 0.2) is 0 Å². The molecule has 0 spiro atoms. The first kappa shape index (κ1) is 106. The van der Waals surface area contributed by atoms with Gasteiger partial charge >= 0.3 is 11.9 Å². The normalized spacial score (nSPS) is 15.3. The first-order valence-corrected chi connectivity index (χ1v) is 51.2. The van der Waals surface area contributed by atoms with E-state index >= 15 is 0 Å². The SMILES string of the molecule is CCCCCCCCCCCCCCCCCC[C@H](C)[C@@H](CCCCCCCCCCCCCCCC[C@H](C)C1CC1CCCCCCCCC=CCCCCCCCC[C@H]([C@@H](CCCCCCCCCCCCCCCCCCCCCCCCOC(=O)C(C)(C)C)C(=O)OC)C(C)(C)C)OC.C[Si](C)=O. The summed E-state index contributed by atoms with van der Waals surface area (Å²) in [6.45, 7) is 24.2. The van der Waals surface area contributed by atoms with Gasteiger partial charge in [-0.25, -0.2) is 0 Å². The van der Waals surface area contributed by atoms with Gasteiger partial charge in [0.1, 0.15) is 0 Å². The van der Waals surface area contributed by atoms with Crippen LogP contribution in [0.15, 0.2) is 12.2 Å². The molecule has 7 heteroatoms. The number of esters is 2. The van der Waals surface area contributed by atoms with Crippen molar-refractivity contribution in [3.05, 3.63) is 12.2 Å². The molecule has 0 radical (unpaired) electrons. The maximum Gasteiger partial charge on any atom is 0.311 e. The zero-order chi connectivity index (χ0) is 78.6. The van der Waals surface area contributed by atoms with Crippen molar-refractivity contribution in [2.45, 2.75) is 550 Å². The van der Waals surface area contributed by atoms with Crippen LogP contribution in [0.1, 0.15) is 531 Å². The van der Waals surface area contributed by atoms with Crippen molar-refractivity contribution in [2.24, 2.45) is 46.3 Å². The second kappa shape index (κ2) is 78.5. The third-order valence-corrected chi connectivity index (χ3v) is 24.9. The molecule has 7 atom stereocenters. The molecular weight excluding hydrogens is 1330 g/mol. The van der Waals surface area contributed by atoms with Crippen LogP contribution in [0.25, 0.3) is 0 Å². The molecule has 0 aromatic carbocycles. The summed E-state index contributed by atoms with van der Waals surface area (Å²) in [6, 6.07) is 0. The van der Waals surface area contributed by atoms with Gasteiger partial charge in [-0.3, -0.25) is 9.59 Å². The first-order chi connectivity index (χ1) is 51.9. The summed E-state index contributed by atoms with van der Waals surface area (Å²) in [5, 5.41) is 0. The molecule has 107 heavy (non-hydrogen) atoms. The van der Waals surface area contributed by atoms with Gasteiger partial charge in [0.2, 0.25) is 0 Å². The fourth-order valence-electron chi connectivity index (χ4n) is 17.5. The highest BCUT2D eigenvalue weighted by Gasteiger charge is 2.40. The minimum atomic E-state index is -1.13. The molecule has 0 bridgehead atoms. The fourth-order valence-corrected chi connectivity index (χ4v) is 17.5.